The minimum Gasteiger partial charge on any atom is -0.493 e. The molecule has 0 spiro atoms. The number of piperazine rings is 1. The first-order chi connectivity index (χ1) is 12.2. The largest absolute Gasteiger partial charge is 0.493 e. The van der Waals surface area contributed by atoms with Gasteiger partial charge in [0.15, 0.2) is 0 Å². The average molecular weight is 338 g/mol. The zero-order valence-electron chi connectivity index (χ0n) is 14.8. The van der Waals surface area contributed by atoms with Gasteiger partial charge in [-0.3, -0.25) is 9.69 Å². The van der Waals surface area contributed by atoms with Crippen LogP contribution in [0.1, 0.15) is 24.9 Å². The van der Waals surface area contributed by atoms with E-state index in [1.54, 1.807) is 0 Å². The van der Waals surface area contributed by atoms with Crippen LogP contribution in [0.15, 0.2) is 60.7 Å². The van der Waals surface area contributed by atoms with Gasteiger partial charge >= 0.3 is 0 Å². The average Bonchev–Trinajstić information content (AvgIpc) is 2.69. The number of ether oxygens (including phenoxy) is 1. The summed E-state index contributed by atoms with van der Waals surface area (Å²) in [6, 6.07) is 20.6. The Morgan fingerprint density at radius 1 is 0.960 bits per heavy atom. The first kappa shape index (κ1) is 17.5. The van der Waals surface area contributed by atoms with Crippen LogP contribution in [0, 0.1) is 0 Å². The molecule has 4 heteroatoms. The zero-order chi connectivity index (χ0) is 17.5. The predicted molar refractivity (Wildman–Crippen MR) is 99.6 cm³/mol. The van der Waals surface area contributed by atoms with Gasteiger partial charge in [-0.15, -0.1) is 0 Å². The molecular formula is C21H26N2O2. The third-order valence-corrected chi connectivity index (χ3v) is 4.82. The molecule has 0 N–H and O–H groups in total. The Morgan fingerprint density at radius 3 is 2.20 bits per heavy atom. The fourth-order valence-electron chi connectivity index (χ4n) is 3.23. The van der Waals surface area contributed by atoms with E-state index in [1.165, 1.54) is 5.56 Å². The van der Waals surface area contributed by atoms with E-state index in [2.05, 4.69) is 36.1 Å². The van der Waals surface area contributed by atoms with Gasteiger partial charge in [-0.1, -0.05) is 48.5 Å². The summed E-state index contributed by atoms with van der Waals surface area (Å²) in [5.74, 6) is 1.000. The summed E-state index contributed by atoms with van der Waals surface area (Å²) in [4.78, 5) is 16.8. The number of carbonyl (C=O) groups is 1. The van der Waals surface area contributed by atoms with Gasteiger partial charge < -0.3 is 9.64 Å². The molecule has 1 heterocycles. The van der Waals surface area contributed by atoms with Crippen LogP contribution >= 0.6 is 0 Å². The molecule has 0 aromatic heterocycles. The zero-order valence-corrected chi connectivity index (χ0v) is 14.8. The van der Waals surface area contributed by atoms with E-state index in [0.29, 0.717) is 19.1 Å². The minimum absolute atomic E-state index is 0.183. The monoisotopic (exact) mass is 338 g/mol. The molecule has 4 nitrogen and oxygen atoms in total. The van der Waals surface area contributed by atoms with Gasteiger partial charge in [-0.2, -0.15) is 0 Å². The Bertz CT molecular complexity index is 652. The Kier molecular flexibility index (Phi) is 6.07. The highest BCUT2D eigenvalue weighted by Crippen LogP contribution is 2.21. The summed E-state index contributed by atoms with van der Waals surface area (Å²) >= 11 is 0. The molecule has 0 saturated carbocycles. The number of rotatable bonds is 6. The summed E-state index contributed by atoms with van der Waals surface area (Å²) in [7, 11) is 0. The second-order valence-corrected chi connectivity index (χ2v) is 6.41. The van der Waals surface area contributed by atoms with Gasteiger partial charge in [0.05, 0.1) is 13.0 Å². The van der Waals surface area contributed by atoms with Gasteiger partial charge in [-0.25, -0.2) is 0 Å². The van der Waals surface area contributed by atoms with Crippen molar-refractivity contribution >= 4 is 5.91 Å². The van der Waals surface area contributed by atoms with E-state index >= 15 is 0 Å². The molecule has 1 unspecified atom stereocenters. The second kappa shape index (κ2) is 8.67. The van der Waals surface area contributed by atoms with E-state index in [9.17, 15) is 4.79 Å². The van der Waals surface area contributed by atoms with Gasteiger partial charge in [0.25, 0.3) is 0 Å². The third-order valence-electron chi connectivity index (χ3n) is 4.82. The Morgan fingerprint density at radius 2 is 1.56 bits per heavy atom. The summed E-state index contributed by atoms with van der Waals surface area (Å²) in [5.41, 5.74) is 1.33. The van der Waals surface area contributed by atoms with Crippen molar-refractivity contribution in [3.63, 3.8) is 0 Å². The van der Waals surface area contributed by atoms with Gasteiger partial charge in [0.2, 0.25) is 5.91 Å². The number of nitrogens with zero attached hydrogens (tertiary/aromatic N) is 2. The second-order valence-electron chi connectivity index (χ2n) is 6.41. The van der Waals surface area contributed by atoms with Crippen LogP contribution in [-0.4, -0.2) is 48.5 Å². The fourth-order valence-corrected chi connectivity index (χ4v) is 3.23. The fraction of sp³-hybridized carbons (Fsp3) is 0.381. The standard InChI is InChI=1S/C21H26N2O2/c1-18(19-8-4-2-5-9-19)22-13-15-23(16-14-22)21(24)12-17-25-20-10-6-3-7-11-20/h2-11,18H,12-17H2,1H3. The first-order valence-electron chi connectivity index (χ1n) is 8.98. The number of carbonyl (C=O) groups excluding carboxylic acids is 1. The number of amides is 1. The third kappa shape index (κ3) is 4.83. The Hall–Kier alpha value is -2.33. The molecule has 2 aromatic carbocycles. The lowest BCUT2D eigenvalue weighted by Gasteiger charge is -2.38. The van der Waals surface area contributed by atoms with Crippen LogP contribution in [0.3, 0.4) is 0 Å². The first-order valence-corrected chi connectivity index (χ1v) is 8.98. The van der Waals surface area contributed by atoms with Crippen molar-refractivity contribution in [2.45, 2.75) is 19.4 Å². The van der Waals surface area contributed by atoms with Crippen molar-refractivity contribution in [2.75, 3.05) is 32.8 Å². The highest BCUT2D eigenvalue weighted by atomic mass is 16.5. The SMILES string of the molecule is CC(c1ccccc1)N1CCN(C(=O)CCOc2ccccc2)CC1. The molecule has 132 valence electrons. The van der Waals surface area contributed by atoms with E-state index in [1.807, 2.05) is 41.3 Å². The smallest absolute Gasteiger partial charge is 0.226 e. The molecular weight excluding hydrogens is 312 g/mol. The molecule has 1 fully saturated rings. The summed E-state index contributed by atoms with van der Waals surface area (Å²) in [5, 5.41) is 0. The van der Waals surface area contributed by atoms with Crippen molar-refractivity contribution in [2.24, 2.45) is 0 Å². The molecule has 2 aromatic rings. The van der Waals surface area contributed by atoms with Crippen molar-refractivity contribution in [3.8, 4) is 5.75 Å². The van der Waals surface area contributed by atoms with Crippen molar-refractivity contribution < 1.29 is 9.53 Å². The summed E-state index contributed by atoms with van der Waals surface area (Å²) < 4.78 is 5.63. The van der Waals surface area contributed by atoms with Crippen LogP contribution in [0.2, 0.25) is 0 Å². The molecule has 1 saturated heterocycles. The van der Waals surface area contributed by atoms with Crippen molar-refractivity contribution in [1.82, 2.24) is 9.80 Å². The molecule has 1 aliphatic heterocycles. The molecule has 1 aliphatic rings. The van der Waals surface area contributed by atoms with Crippen LogP contribution < -0.4 is 4.74 Å². The number of benzene rings is 2. The lowest BCUT2D eigenvalue weighted by atomic mass is 10.1. The minimum atomic E-state index is 0.183. The number of hydrogen-bond donors (Lipinski definition) is 0. The molecule has 0 radical (unpaired) electrons. The van der Waals surface area contributed by atoms with Gasteiger partial charge in [0.1, 0.15) is 5.75 Å². The quantitative estimate of drug-likeness (QED) is 0.810. The topological polar surface area (TPSA) is 32.8 Å². The molecule has 25 heavy (non-hydrogen) atoms. The van der Waals surface area contributed by atoms with E-state index < -0.39 is 0 Å². The predicted octanol–water partition coefficient (Wildman–Crippen LogP) is 3.36. The summed E-state index contributed by atoms with van der Waals surface area (Å²) in [6.07, 6.45) is 0.434. The van der Waals surface area contributed by atoms with Gasteiger partial charge in [0, 0.05) is 32.2 Å². The highest BCUT2D eigenvalue weighted by molar-refractivity contribution is 5.76. The van der Waals surface area contributed by atoms with E-state index in [-0.39, 0.29) is 5.91 Å². The molecule has 0 bridgehead atoms. The van der Waals surface area contributed by atoms with Crippen LogP contribution in [0.25, 0.3) is 0 Å². The maximum Gasteiger partial charge on any atom is 0.226 e. The normalized spacial score (nSPS) is 16.4. The lowest BCUT2D eigenvalue weighted by molar-refractivity contribution is -0.133. The highest BCUT2D eigenvalue weighted by Gasteiger charge is 2.24. The molecule has 3 rings (SSSR count). The van der Waals surface area contributed by atoms with Crippen molar-refractivity contribution in [3.05, 3.63) is 66.2 Å². The number of para-hydroxylation sites is 1. The molecule has 1 atom stereocenters. The van der Waals surface area contributed by atoms with Crippen LogP contribution in [-0.2, 0) is 4.79 Å². The summed E-state index contributed by atoms with van der Waals surface area (Å²) in [6.45, 7) is 6.09. The van der Waals surface area contributed by atoms with E-state index in [4.69, 9.17) is 4.74 Å². The maximum absolute atomic E-state index is 12.4. The van der Waals surface area contributed by atoms with Crippen LogP contribution in [0.5, 0.6) is 5.75 Å². The van der Waals surface area contributed by atoms with Gasteiger partial charge in [-0.05, 0) is 24.6 Å². The Labute approximate surface area is 150 Å². The lowest BCUT2D eigenvalue weighted by Crippen LogP contribution is -2.49. The van der Waals surface area contributed by atoms with Crippen LogP contribution in [0.4, 0.5) is 0 Å². The van der Waals surface area contributed by atoms with Crippen molar-refractivity contribution in [1.29, 1.82) is 0 Å². The maximum atomic E-state index is 12.4. The molecule has 1 amide bonds. The molecule has 0 aliphatic carbocycles. The number of hydrogen-bond acceptors (Lipinski definition) is 3. The van der Waals surface area contributed by atoms with E-state index in [0.717, 1.165) is 31.9 Å². The Balaban J connectivity index is 1.41.